The fourth-order valence-electron chi connectivity index (χ4n) is 3.05. The molecule has 1 N–H and O–H groups in total. The molecule has 0 aromatic heterocycles. The molecule has 0 saturated carbocycles. The Kier molecular flexibility index (Phi) is 5.49. The highest BCUT2D eigenvalue weighted by atomic mass is 32.2. The first kappa shape index (κ1) is 17.7. The van der Waals surface area contributed by atoms with Crippen LogP contribution in [0.25, 0.3) is 0 Å². The Morgan fingerprint density at radius 1 is 1.25 bits per heavy atom. The van der Waals surface area contributed by atoms with Gasteiger partial charge in [-0.05, 0) is 31.0 Å². The van der Waals surface area contributed by atoms with Crippen LogP contribution in [-0.4, -0.2) is 67.4 Å². The maximum absolute atomic E-state index is 12.8. The zero-order chi connectivity index (χ0) is 17.2. The predicted octanol–water partition coefficient (Wildman–Crippen LogP) is 0.881. The Hall–Kier alpha value is -1.09. The molecule has 24 heavy (non-hydrogen) atoms. The van der Waals surface area contributed by atoms with Crippen LogP contribution in [0.1, 0.15) is 12.0 Å². The first-order chi connectivity index (χ1) is 11.5. The van der Waals surface area contributed by atoms with E-state index in [4.69, 9.17) is 0 Å². The van der Waals surface area contributed by atoms with Gasteiger partial charge in [0.15, 0.2) is 0 Å². The van der Waals surface area contributed by atoms with Crippen LogP contribution in [0.15, 0.2) is 29.2 Å². The van der Waals surface area contributed by atoms with Crippen LogP contribution < -0.4 is 5.32 Å². The van der Waals surface area contributed by atoms with Crippen LogP contribution in [-0.2, 0) is 14.8 Å². The number of aryl methyl sites for hydroxylation is 1. The van der Waals surface area contributed by atoms with Crippen molar-refractivity contribution in [3.63, 3.8) is 0 Å². The van der Waals surface area contributed by atoms with Crippen LogP contribution in [0, 0.1) is 6.92 Å². The highest BCUT2D eigenvalue weighted by Crippen LogP contribution is 2.20. The fraction of sp³-hybridized carbons (Fsp3) is 0.562. The lowest BCUT2D eigenvalue weighted by Gasteiger charge is -2.24. The number of nitrogens with one attached hydrogen (secondary N) is 1. The van der Waals surface area contributed by atoms with Gasteiger partial charge in [0.25, 0.3) is 0 Å². The number of sulfonamides is 1. The number of hydrogen-bond donors (Lipinski definition) is 1. The van der Waals surface area contributed by atoms with Gasteiger partial charge in [0.2, 0.25) is 15.9 Å². The van der Waals surface area contributed by atoms with Crippen molar-refractivity contribution in [2.24, 2.45) is 0 Å². The summed E-state index contributed by atoms with van der Waals surface area (Å²) >= 11 is 1.72. The molecule has 0 bridgehead atoms. The molecule has 1 aromatic rings. The molecule has 2 heterocycles. The summed E-state index contributed by atoms with van der Waals surface area (Å²) in [4.78, 5) is 14.6. The monoisotopic (exact) mass is 369 g/mol. The van der Waals surface area contributed by atoms with Gasteiger partial charge in [-0.15, -0.1) is 11.8 Å². The van der Waals surface area contributed by atoms with E-state index in [2.05, 4.69) is 5.32 Å². The second kappa shape index (κ2) is 7.43. The van der Waals surface area contributed by atoms with Crippen LogP contribution in [0.2, 0.25) is 0 Å². The number of carbonyl (C=O) groups excluding carboxylic acids is 1. The summed E-state index contributed by atoms with van der Waals surface area (Å²) in [5.41, 5.74) is 0.924. The van der Waals surface area contributed by atoms with Crippen molar-refractivity contribution in [2.75, 3.05) is 37.8 Å². The van der Waals surface area contributed by atoms with Gasteiger partial charge in [-0.2, -0.15) is 4.31 Å². The third-order valence-corrected chi connectivity index (χ3v) is 7.24. The highest BCUT2D eigenvalue weighted by Gasteiger charge is 2.31. The largest absolute Gasteiger partial charge is 0.340 e. The van der Waals surface area contributed by atoms with Crippen molar-refractivity contribution >= 4 is 27.7 Å². The second-order valence-corrected chi connectivity index (χ2v) is 9.14. The fourth-order valence-corrected chi connectivity index (χ4v) is 5.56. The lowest BCUT2D eigenvalue weighted by Crippen LogP contribution is -2.46. The molecule has 8 heteroatoms. The number of hydrogen-bond acceptors (Lipinski definition) is 5. The highest BCUT2D eigenvalue weighted by molar-refractivity contribution is 7.99. The summed E-state index contributed by atoms with van der Waals surface area (Å²) in [7, 11) is -3.50. The zero-order valence-corrected chi connectivity index (χ0v) is 15.4. The standard InChI is InChI=1S/C16H23N3O3S2/c1-13-4-2-5-14(10-13)24(21,22)19-7-3-6-18(8-9-19)16(20)15-11-23-12-17-15/h2,4-5,10,15,17H,3,6-9,11-12H2,1H3. The quantitative estimate of drug-likeness (QED) is 0.857. The van der Waals surface area contributed by atoms with Gasteiger partial charge in [0, 0.05) is 37.8 Å². The van der Waals surface area contributed by atoms with E-state index < -0.39 is 10.0 Å². The Morgan fingerprint density at radius 3 is 2.79 bits per heavy atom. The second-order valence-electron chi connectivity index (χ2n) is 6.17. The Labute approximate surface area is 147 Å². The van der Waals surface area contributed by atoms with Crippen LogP contribution in [0.4, 0.5) is 0 Å². The van der Waals surface area contributed by atoms with E-state index in [1.54, 1.807) is 34.9 Å². The van der Waals surface area contributed by atoms with Crippen molar-refractivity contribution in [3.8, 4) is 0 Å². The SMILES string of the molecule is Cc1cccc(S(=O)(=O)N2CCCN(C(=O)C3CSCN3)CC2)c1. The predicted molar refractivity (Wildman–Crippen MR) is 95.4 cm³/mol. The topological polar surface area (TPSA) is 69.7 Å². The van der Waals surface area contributed by atoms with Crippen molar-refractivity contribution in [1.82, 2.24) is 14.5 Å². The third kappa shape index (κ3) is 3.77. The first-order valence-corrected chi connectivity index (χ1v) is 10.7. The summed E-state index contributed by atoms with van der Waals surface area (Å²) in [6.45, 7) is 3.75. The lowest BCUT2D eigenvalue weighted by atomic mass is 10.2. The van der Waals surface area contributed by atoms with Crippen LogP contribution in [0.5, 0.6) is 0 Å². The van der Waals surface area contributed by atoms with Gasteiger partial charge in [-0.1, -0.05) is 12.1 Å². The molecule has 2 aliphatic heterocycles. The summed E-state index contributed by atoms with van der Waals surface area (Å²) in [6.07, 6.45) is 0.663. The van der Waals surface area contributed by atoms with Gasteiger partial charge in [-0.3, -0.25) is 10.1 Å². The molecule has 1 amide bonds. The van der Waals surface area contributed by atoms with E-state index >= 15 is 0 Å². The van der Waals surface area contributed by atoms with E-state index in [1.807, 2.05) is 13.0 Å². The average molecular weight is 370 g/mol. The van der Waals surface area contributed by atoms with E-state index in [9.17, 15) is 13.2 Å². The molecule has 3 rings (SSSR count). The van der Waals surface area contributed by atoms with Crippen molar-refractivity contribution in [2.45, 2.75) is 24.3 Å². The van der Waals surface area contributed by atoms with Gasteiger partial charge in [0.05, 0.1) is 10.9 Å². The Morgan fingerprint density at radius 2 is 2.08 bits per heavy atom. The average Bonchev–Trinajstić information content (AvgIpc) is 2.98. The maximum Gasteiger partial charge on any atom is 0.243 e. The number of carbonyl (C=O) groups is 1. The minimum atomic E-state index is -3.50. The van der Waals surface area contributed by atoms with E-state index in [-0.39, 0.29) is 11.9 Å². The number of benzene rings is 1. The Balaban J connectivity index is 1.69. The van der Waals surface area contributed by atoms with Gasteiger partial charge >= 0.3 is 0 Å². The molecular weight excluding hydrogens is 346 g/mol. The molecule has 1 aromatic carbocycles. The van der Waals surface area contributed by atoms with Gasteiger partial charge in [-0.25, -0.2) is 8.42 Å². The number of nitrogens with zero attached hydrogens (tertiary/aromatic N) is 2. The van der Waals surface area contributed by atoms with Crippen LogP contribution in [0.3, 0.4) is 0 Å². The van der Waals surface area contributed by atoms with E-state index in [0.717, 1.165) is 17.2 Å². The molecule has 1 atom stereocenters. The summed E-state index contributed by atoms with van der Waals surface area (Å²) in [6, 6.07) is 6.85. The summed E-state index contributed by atoms with van der Waals surface area (Å²) in [5.74, 6) is 1.69. The normalized spacial score (nSPS) is 23.2. The van der Waals surface area contributed by atoms with E-state index in [0.29, 0.717) is 37.5 Å². The number of amides is 1. The van der Waals surface area contributed by atoms with E-state index in [1.165, 1.54) is 4.31 Å². The smallest absolute Gasteiger partial charge is 0.243 e. The Bertz CT molecular complexity index is 702. The molecule has 0 spiro atoms. The first-order valence-electron chi connectivity index (χ1n) is 8.15. The van der Waals surface area contributed by atoms with Crippen LogP contribution >= 0.6 is 11.8 Å². The van der Waals surface area contributed by atoms with Crippen molar-refractivity contribution in [3.05, 3.63) is 29.8 Å². The van der Waals surface area contributed by atoms with Crippen molar-refractivity contribution in [1.29, 1.82) is 0 Å². The molecule has 0 aliphatic carbocycles. The minimum Gasteiger partial charge on any atom is -0.340 e. The molecule has 132 valence electrons. The lowest BCUT2D eigenvalue weighted by molar-refractivity contribution is -0.132. The molecule has 2 saturated heterocycles. The van der Waals surface area contributed by atoms with Crippen molar-refractivity contribution < 1.29 is 13.2 Å². The zero-order valence-electron chi connectivity index (χ0n) is 13.8. The summed E-state index contributed by atoms with van der Waals surface area (Å²) < 4.78 is 27.2. The third-order valence-electron chi connectivity index (χ3n) is 4.41. The van der Waals surface area contributed by atoms with Gasteiger partial charge in [0.1, 0.15) is 0 Å². The molecule has 0 radical (unpaired) electrons. The number of thioether (sulfide) groups is 1. The molecular formula is C16H23N3O3S2. The van der Waals surface area contributed by atoms with Gasteiger partial charge < -0.3 is 4.90 Å². The molecule has 2 aliphatic rings. The molecule has 1 unspecified atom stereocenters. The summed E-state index contributed by atoms with van der Waals surface area (Å²) in [5, 5.41) is 3.19. The minimum absolute atomic E-state index is 0.0924. The molecule has 6 nitrogen and oxygen atoms in total. The number of rotatable bonds is 3. The maximum atomic E-state index is 12.8. The molecule has 2 fully saturated rings.